The molecule has 0 amide bonds. The molecule has 3 rings (SSSR count). The fourth-order valence-corrected chi connectivity index (χ4v) is 3.55. The Labute approximate surface area is 128 Å². The molecule has 0 heterocycles. The van der Waals surface area contributed by atoms with Gasteiger partial charge in [0.2, 0.25) is 0 Å². The van der Waals surface area contributed by atoms with Crippen LogP contribution in [-0.2, 0) is 0 Å². The summed E-state index contributed by atoms with van der Waals surface area (Å²) in [5.74, 6) is 2.96. The van der Waals surface area contributed by atoms with Crippen molar-refractivity contribution in [3.05, 3.63) is 29.8 Å². The normalized spacial score (nSPS) is 27.6. The van der Waals surface area contributed by atoms with E-state index < -0.39 is 0 Å². The largest absolute Gasteiger partial charge is 0.490 e. The third-order valence-corrected chi connectivity index (χ3v) is 5.23. The van der Waals surface area contributed by atoms with Crippen LogP contribution >= 0.6 is 0 Å². The fourth-order valence-electron chi connectivity index (χ4n) is 3.55. The molecule has 1 aromatic carbocycles. The number of aliphatic hydroxyl groups is 1. The minimum Gasteiger partial charge on any atom is -0.490 e. The van der Waals surface area contributed by atoms with Gasteiger partial charge in [0.15, 0.2) is 0 Å². The number of hydrogen-bond donors (Lipinski definition) is 1. The van der Waals surface area contributed by atoms with Gasteiger partial charge in [-0.1, -0.05) is 26.0 Å². The maximum atomic E-state index is 10.7. The first-order valence-electron chi connectivity index (χ1n) is 8.58. The predicted molar refractivity (Wildman–Crippen MR) is 85.3 cm³/mol. The molecule has 0 spiro atoms. The topological polar surface area (TPSA) is 29.5 Å². The van der Waals surface area contributed by atoms with E-state index in [1.165, 1.54) is 25.7 Å². The zero-order valence-electron chi connectivity index (χ0n) is 13.3. The summed E-state index contributed by atoms with van der Waals surface area (Å²) >= 11 is 0. The molecule has 0 aromatic heterocycles. The number of ether oxygens (including phenoxy) is 1. The van der Waals surface area contributed by atoms with E-state index in [2.05, 4.69) is 13.8 Å². The Morgan fingerprint density at radius 3 is 2.29 bits per heavy atom. The first kappa shape index (κ1) is 14.9. The van der Waals surface area contributed by atoms with Crippen molar-refractivity contribution >= 4 is 0 Å². The maximum absolute atomic E-state index is 10.7. The summed E-state index contributed by atoms with van der Waals surface area (Å²) < 4.78 is 5.84. The van der Waals surface area contributed by atoms with E-state index in [0.29, 0.717) is 12.0 Å². The highest BCUT2D eigenvalue weighted by molar-refractivity contribution is 5.30. The van der Waals surface area contributed by atoms with Crippen molar-refractivity contribution in [2.45, 2.75) is 64.6 Å². The molecule has 2 nitrogen and oxygen atoms in total. The standard InChI is InChI=1S/C19H28O2/c1-13(2)14-6-8-15(9-7-14)19(20)16-4-3-5-18(12-16)21-17-10-11-17/h3-5,12-15,17,19-20H,6-11H2,1-2H3. The van der Waals surface area contributed by atoms with Gasteiger partial charge in [-0.15, -0.1) is 0 Å². The lowest BCUT2D eigenvalue weighted by atomic mass is 9.74. The number of benzene rings is 1. The molecule has 2 fully saturated rings. The minimum atomic E-state index is -0.333. The molecule has 2 aliphatic rings. The van der Waals surface area contributed by atoms with Crippen molar-refractivity contribution in [1.82, 2.24) is 0 Å². The molecule has 2 saturated carbocycles. The number of rotatable bonds is 5. The molecule has 2 heteroatoms. The number of hydrogen-bond acceptors (Lipinski definition) is 2. The Morgan fingerprint density at radius 1 is 1.00 bits per heavy atom. The second-order valence-corrected chi connectivity index (χ2v) is 7.25. The molecule has 1 unspecified atom stereocenters. The molecule has 2 aliphatic carbocycles. The van der Waals surface area contributed by atoms with Crippen molar-refractivity contribution in [2.75, 3.05) is 0 Å². The van der Waals surface area contributed by atoms with Crippen LogP contribution in [0.3, 0.4) is 0 Å². The smallest absolute Gasteiger partial charge is 0.120 e. The van der Waals surface area contributed by atoms with Gasteiger partial charge in [-0.25, -0.2) is 0 Å². The summed E-state index contributed by atoms with van der Waals surface area (Å²) in [6, 6.07) is 8.09. The quantitative estimate of drug-likeness (QED) is 0.849. The van der Waals surface area contributed by atoms with E-state index in [9.17, 15) is 5.11 Å². The Morgan fingerprint density at radius 2 is 1.67 bits per heavy atom. The average Bonchev–Trinajstić information content (AvgIpc) is 3.31. The molecule has 0 radical (unpaired) electrons. The Hall–Kier alpha value is -1.02. The molecule has 1 aromatic rings. The van der Waals surface area contributed by atoms with Crippen LogP contribution in [0.1, 0.15) is 64.0 Å². The van der Waals surface area contributed by atoms with Crippen molar-refractivity contribution in [1.29, 1.82) is 0 Å². The highest BCUT2D eigenvalue weighted by Crippen LogP contribution is 2.40. The lowest BCUT2D eigenvalue weighted by Crippen LogP contribution is -2.23. The third-order valence-electron chi connectivity index (χ3n) is 5.23. The van der Waals surface area contributed by atoms with Crippen molar-refractivity contribution in [3.63, 3.8) is 0 Å². The minimum absolute atomic E-state index is 0.333. The van der Waals surface area contributed by atoms with Gasteiger partial charge in [0.1, 0.15) is 5.75 Å². The van der Waals surface area contributed by atoms with E-state index >= 15 is 0 Å². The first-order chi connectivity index (χ1) is 10.1. The van der Waals surface area contributed by atoms with Crippen molar-refractivity contribution in [3.8, 4) is 5.75 Å². The first-order valence-corrected chi connectivity index (χ1v) is 8.58. The molecule has 1 atom stereocenters. The van der Waals surface area contributed by atoms with Gasteiger partial charge in [-0.2, -0.15) is 0 Å². The van der Waals surface area contributed by atoms with Gasteiger partial charge in [-0.3, -0.25) is 0 Å². The van der Waals surface area contributed by atoms with Crippen LogP contribution in [0.15, 0.2) is 24.3 Å². The van der Waals surface area contributed by atoms with Gasteiger partial charge in [-0.05, 0) is 74.0 Å². The zero-order chi connectivity index (χ0) is 14.8. The van der Waals surface area contributed by atoms with Crippen molar-refractivity contribution in [2.24, 2.45) is 17.8 Å². The second kappa shape index (κ2) is 6.39. The highest BCUT2D eigenvalue weighted by atomic mass is 16.5. The summed E-state index contributed by atoms with van der Waals surface area (Å²) in [6.07, 6.45) is 7.25. The lowest BCUT2D eigenvalue weighted by Gasteiger charge is -2.33. The Bertz CT molecular complexity index is 456. The van der Waals surface area contributed by atoms with E-state index in [0.717, 1.165) is 36.0 Å². The van der Waals surface area contributed by atoms with Crippen LogP contribution in [0, 0.1) is 17.8 Å². The summed E-state index contributed by atoms with van der Waals surface area (Å²) in [5.41, 5.74) is 1.03. The van der Waals surface area contributed by atoms with Gasteiger partial charge in [0.05, 0.1) is 12.2 Å². The fraction of sp³-hybridized carbons (Fsp3) is 0.684. The Kier molecular flexibility index (Phi) is 4.54. The molecule has 1 N–H and O–H groups in total. The van der Waals surface area contributed by atoms with Crippen LogP contribution in [0.2, 0.25) is 0 Å². The van der Waals surface area contributed by atoms with Gasteiger partial charge >= 0.3 is 0 Å². The molecule has 0 aliphatic heterocycles. The molecule has 0 saturated heterocycles. The van der Waals surface area contributed by atoms with Crippen LogP contribution in [0.5, 0.6) is 5.75 Å². The summed E-state index contributed by atoms with van der Waals surface area (Å²) in [7, 11) is 0. The molecular formula is C19H28O2. The van der Waals surface area contributed by atoms with Crippen LogP contribution < -0.4 is 4.74 Å². The molecule has 0 bridgehead atoms. The van der Waals surface area contributed by atoms with Crippen molar-refractivity contribution < 1.29 is 9.84 Å². The van der Waals surface area contributed by atoms with E-state index in [1.807, 2.05) is 24.3 Å². The van der Waals surface area contributed by atoms with Crippen LogP contribution in [0.25, 0.3) is 0 Å². The summed E-state index contributed by atoms with van der Waals surface area (Å²) in [5, 5.41) is 10.7. The van der Waals surface area contributed by atoms with E-state index in [4.69, 9.17) is 4.74 Å². The third kappa shape index (κ3) is 3.79. The highest BCUT2D eigenvalue weighted by Gasteiger charge is 2.29. The van der Waals surface area contributed by atoms with E-state index in [-0.39, 0.29) is 6.10 Å². The monoisotopic (exact) mass is 288 g/mol. The van der Waals surface area contributed by atoms with Gasteiger partial charge < -0.3 is 9.84 Å². The predicted octanol–water partition coefficient (Wildman–Crippen LogP) is 4.72. The van der Waals surface area contributed by atoms with E-state index in [1.54, 1.807) is 0 Å². The van der Waals surface area contributed by atoms with Crippen LogP contribution in [0.4, 0.5) is 0 Å². The molecule has 21 heavy (non-hydrogen) atoms. The average molecular weight is 288 g/mol. The lowest BCUT2D eigenvalue weighted by molar-refractivity contribution is 0.0666. The number of aliphatic hydroxyl groups excluding tert-OH is 1. The second-order valence-electron chi connectivity index (χ2n) is 7.25. The molecule has 116 valence electrons. The maximum Gasteiger partial charge on any atom is 0.120 e. The van der Waals surface area contributed by atoms with Gasteiger partial charge in [0, 0.05) is 0 Å². The molecular weight excluding hydrogens is 260 g/mol. The van der Waals surface area contributed by atoms with Gasteiger partial charge in [0.25, 0.3) is 0 Å². The summed E-state index contributed by atoms with van der Waals surface area (Å²) in [4.78, 5) is 0. The summed E-state index contributed by atoms with van der Waals surface area (Å²) in [6.45, 7) is 4.64. The van der Waals surface area contributed by atoms with Crippen LogP contribution in [-0.4, -0.2) is 11.2 Å². The SMILES string of the molecule is CC(C)C1CCC(C(O)c2cccc(OC3CC3)c2)CC1. The Balaban J connectivity index is 1.60. The zero-order valence-corrected chi connectivity index (χ0v) is 13.3.